The lowest BCUT2D eigenvalue weighted by molar-refractivity contribution is 0.388. The van der Waals surface area contributed by atoms with Crippen molar-refractivity contribution in [1.29, 1.82) is 0 Å². The summed E-state index contributed by atoms with van der Waals surface area (Å²) in [7, 11) is -3.05. The molecule has 0 radical (unpaired) electrons. The molecule has 0 spiro atoms. The van der Waals surface area contributed by atoms with Crippen molar-refractivity contribution in [2.75, 3.05) is 37.3 Å². The molecule has 5 nitrogen and oxygen atoms in total. The third kappa shape index (κ3) is 3.00. The average Bonchev–Trinajstić information content (AvgIpc) is 2.27. The lowest BCUT2D eigenvalue weighted by Gasteiger charge is -2.34. The van der Waals surface area contributed by atoms with E-state index in [1.165, 1.54) is 10.6 Å². The molecule has 0 aromatic carbocycles. The number of pyridine rings is 1. The maximum atomic E-state index is 11.4. The van der Waals surface area contributed by atoms with Gasteiger partial charge in [-0.25, -0.2) is 8.42 Å². The van der Waals surface area contributed by atoms with Crippen molar-refractivity contribution in [3.63, 3.8) is 0 Å². The number of sulfonamides is 1. The summed E-state index contributed by atoms with van der Waals surface area (Å²) in [4.78, 5) is 6.56. The van der Waals surface area contributed by atoms with Crippen LogP contribution in [0.5, 0.6) is 0 Å². The maximum absolute atomic E-state index is 11.4. The molecule has 1 aromatic rings. The third-order valence-corrected chi connectivity index (χ3v) is 4.44. The zero-order valence-electron chi connectivity index (χ0n) is 11.0. The van der Waals surface area contributed by atoms with Crippen molar-refractivity contribution in [2.24, 2.45) is 0 Å². The molecule has 6 heteroatoms. The standard InChI is InChI=1S/C12H19N3O2S/c1-10-8-12(9-11(2)13-10)14-4-6-15(7-5-14)18(3,16)17/h8-9H,4-7H2,1-3H3. The van der Waals surface area contributed by atoms with Gasteiger partial charge in [-0.3, -0.25) is 4.98 Å². The highest BCUT2D eigenvalue weighted by Gasteiger charge is 2.23. The van der Waals surface area contributed by atoms with Crippen molar-refractivity contribution in [3.05, 3.63) is 23.5 Å². The molecule has 0 bridgehead atoms. The van der Waals surface area contributed by atoms with E-state index in [0.717, 1.165) is 30.2 Å². The van der Waals surface area contributed by atoms with Crippen LogP contribution in [0.15, 0.2) is 12.1 Å². The van der Waals surface area contributed by atoms with Gasteiger partial charge in [0.25, 0.3) is 0 Å². The molecule has 0 aliphatic carbocycles. The quantitative estimate of drug-likeness (QED) is 0.796. The Morgan fingerprint density at radius 3 is 2.00 bits per heavy atom. The summed E-state index contributed by atoms with van der Waals surface area (Å²) < 4.78 is 24.4. The first-order valence-corrected chi connectivity index (χ1v) is 7.86. The number of hydrogen-bond donors (Lipinski definition) is 0. The van der Waals surface area contributed by atoms with Crippen LogP contribution in [-0.2, 0) is 10.0 Å². The van der Waals surface area contributed by atoms with E-state index in [4.69, 9.17) is 0 Å². The van der Waals surface area contributed by atoms with E-state index >= 15 is 0 Å². The van der Waals surface area contributed by atoms with Crippen molar-refractivity contribution in [2.45, 2.75) is 13.8 Å². The topological polar surface area (TPSA) is 53.5 Å². The Morgan fingerprint density at radius 1 is 1.06 bits per heavy atom. The SMILES string of the molecule is Cc1cc(N2CCN(S(C)(=O)=O)CC2)cc(C)n1. The minimum absolute atomic E-state index is 0.555. The second-order valence-electron chi connectivity index (χ2n) is 4.76. The Bertz CT molecular complexity index is 514. The summed E-state index contributed by atoms with van der Waals surface area (Å²) in [6.07, 6.45) is 1.27. The van der Waals surface area contributed by atoms with Gasteiger partial charge in [0.2, 0.25) is 10.0 Å². The van der Waals surface area contributed by atoms with Gasteiger partial charge in [0.1, 0.15) is 0 Å². The monoisotopic (exact) mass is 269 g/mol. The molecule has 1 aromatic heterocycles. The van der Waals surface area contributed by atoms with E-state index < -0.39 is 10.0 Å². The van der Waals surface area contributed by atoms with Gasteiger partial charge in [-0.2, -0.15) is 4.31 Å². The minimum Gasteiger partial charge on any atom is -0.369 e. The highest BCUT2D eigenvalue weighted by Crippen LogP contribution is 2.19. The van der Waals surface area contributed by atoms with Crippen LogP contribution < -0.4 is 4.90 Å². The van der Waals surface area contributed by atoms with Crippen molar-refractivity contribution in [3.8, 4) is 0 Å². The van der Waals surface area contributed by atoms with Crippen LogP contribution >= 0.6 is 0 Å². The lowest BCUT2D eigenvalue weighted by atomic mass is 10.2. The van der Waals surface area contributed by atoms with Crippen LogP contribution in [0.4, 0.5) is 5.69 Å². The van der Waals surface area contributed by atoms with Gasteiger partial charge >= 0.3 is 0 Å². The van der Waals surface area contributed by atoms with Crippen LogP contribution in [-0.4, -0.2) is 50.1 Å². The molecule has 1 aliphatic heterocycles. The smallest absolute Gasteiger partial charge is 0.211 e. The van der Waals surface area contributed by atoms with Crippen LogP contribution in [0.2, 0.25) is 0 Å². The first-order chi connectivity index (χ1) is 8.36. The number of piperazine rings is 1. The lowest BCUT2D eigenvalue weighted by Crippen LogP contribution is -2.48. The molecule has 0 saturated carbocycles. The molecular formula is C12H19N3O2S. The fourth-order valence-corrected chi connectivity index (χ4v) is 3.10. The van der Waals surface area contributed by atoms with Crippen LogP contribution in [0.3, 0.4) is 0 Å². The summed E-state index contributed by atoms with van der Waals surface area (Å²) in [6.45, 7) is 6.52. The molecule has 2 rings (SSSR count). The van der Waals surface area contributed by atoms with Crippen molar-refractivity contribution in [1.82, 2.24) is 9.29 Å². The van der Waals surface area contributed by atoms with E-state index in [-0.39, 0.29) is 0 Å². The second-order valence-corrected chi connectivity index (χ2v) is 6.74. The molecule has 0 N–H and O–H groups in total. The number of aromatic nitrogens is 1. The predicted octanol–water partition coefficient (Wildman–Crippen LogP) is 0.780. The van der Waals surface area contributed by atoms with Crippen LogP contribution in [0, 0.1) is 13.8 Å². The van der Waals surface area contributed by atoms with E-state index in [0.29, 0.717) is 13.1 Å². The molecular weight excluding hydrogens is 250 g/mol. The van der Waals surface area contributed by atoms with Gasteiger partial charge in [0.05, 0.1) is 6.26 Å². The first kappa shape index (κ1) is 13.3. The number of nitrogens with zero attached hydrogens (tertiary/aromatic N) is 3. The highest BCUT2D eigenvalue weighted by atomic mass is 32.2. The molecule has 0 amide bonds. The van der Waals surface area contributed by atoms with Crippen molar-refractivity contribution >= 4 is 15.7 Å². The molecule has 0 atom stereocenters. The van der Waals surface area contributed by atoms with E-state index in [1.54, 1.807) is 0 Å². The van der Waals surface area contributed by atoms with Gasteiger partial charge in [-0.1, -0.05) is 0 Å². The van der Waals surface area contributed by atoms with E-state index in [2.05, 4.69) is 9.88 Å². The van der Waals surface area contributed by atoms with Gasteiger partial charge in [-0.15, -0.1) is 0 Å². The summed E-state index contributed by atoms with van der Waals surface area (Å²) in [5, 5.41) is 0. The Kier molecular flexibility index (Phi) is 3.59. The first-order valence-electron chi connectivity index (χ1n) is 6.01. The fraction of sp³-hybridized carbons (Fsp3) is 0.583. The molecule has 1 aliphatic rings. The summed E-state index contributed by atoms with van der Waals surface area (Å²) in [5.41, 5.74) is 3.12. The third-order valence-electron chi connectivity index (χ3n) is 3.14. The highest BCUT2D eigenvalue weighted by molar-refractivity contribution is 7.88. The average molecular weight is 269 g/mol. The van der Waals surface area contributed by atoms with Gasteiger partial charge in [-0.05, 0) is 26.0 Å². The maximum Gasteiger partial charge on any atom is 0.211 e. The number of anilines is 1. The summed E-state index contributed by atoms with van der Waals surface area (Å²) in [5.74, 6) is 0. The number of aryl methyl sites for hydroxylation is 2. The zero-order valence-corrected chi connectivity index (χ0v) is 11.9. The largest absolute Gasteiger partial charge is 0.369 e. The number of hydrogen-bond acceptors (Lipinski definition) is 4. The normalized spacial score (nSPS) is 18.1. The van der Waals surface area contributed by atoms with Crippen molar-refractivity contribution < 1.29 is 8.42 Å². The fourth-order valence-electron chi connectivity index (χ4n) is 2.27. The molecule has 0 unspecified atom stereocenters. The Morgan fingerprint density at radius 2 is 1.56 bits per heavy atom. The van der Waals surface area contributed by atoms with E-state index in [9.17, 15) is 8.42 Å². The molecule has 1 fully saturated rings. The summed E-state index contributed by atoms with van der Waals surface area (Å²) in [6, 6.07) is 4.09. The van der Waals surface area contributed by atoms with Gasteiger partial charge in [0.15, 0.2) is 0 Å². The molecule has 1 saturated heterocycles. The molecule has 18 heavy (non-hydrogen) atoms. The Hall–Kier alpha value is -1.14. The minimum atomic E-state index is -3.05. The van der Waals surface area contributed by atoms with E-state index in [1.807, 2.05) is 26.0 Å². The molecule has 2 heterocycles. The predicted molar refractivity (Wildman–Crippen MR) is 72.3 cm³/mol. The molecule has 100 valence electrons. The number of rotatable bonds is 2. The summed E-state index contributed by atoms with van der Waals surface area (Å²) >= 11 is 0. The second kappa shape index (κ2) is 4.85. The van der Waals surface area contributed by atoms with Crippen LogP contribution in [0.1, 0.15) is 11.4 Å². The van der Waals surface area contributed by atoms with Crippen LogP contribution in [0.25, 0.3) is 0 Å². The Labute approximate surface area is 108 Å². The zero-order chi connectivity index (χ0) is 13.3. The van der Waals surface area contributed by atoms with Gasteiger partial charge < -0.3 is 4.90 Å². The Balaban J connectivity index is 2.10. The van der Waals surface area contributed by atoms with Gasteiger partial charge in [0, 0.05) is 43.3 Å².